The molecule has 4 heteroatoms. The lowest BCUT2D eigenvalue weighted by atomic mass is 10.1. The lowest BCUT2D eigenvalue weighted by Crippen LogP contribution is -2.20. The molecule has 1 aromatic heterocycles. The second-order valence-corrected chi connectivity index (χ2v) is 4.65. The molecule has 0 fully saturated rings. The molecule has 3 nitrogen and oxygen atoms in total. The molecule has 2 aromatic rings. The van der Waals surface area contributed by atoms with E-state index >= 15 is 0 Å². The summed E-state index contributed by atoms with van der Waals surface area (Å²) in [5.41, 5.74) is 0.850. The Morgan fingerprint density at radius 3 is 2.56 bits per heavy atom. The Morgan fingerprint density at radius 2 is 1.94 bits per heavy atom. The van der Waals surface area contributed by atoms with Crippen LogP contribution in [-0.4, -0.2) is 11.7 Å². The Labute approximate surface area is 111 Å². The van der Waals surface area contributed by atoms with Gasteiger partial charge < -0.3 is 14.8 Å². The molecule has 0 aliphatic carbocycles. The second kappa shape index (κ2) is 6.05. The topological polar surface area (TPSA) is 45.4 Å². The molecule has 0 aliphatic rings. The van der Waals surface area contributed by atoms with Gasteiger partial charge in [0.15, 0.2) is 0 Å². The molecule has 96 valence electrons. The van der Waals surface area contributed by atoms with Crippen LogP contribution in [0.5, 0.6) is 0 Å². The van der Waals surface area contributed by atoms with Crippen LogP contribution in [-0.2, 0) is 6.54 Å². The van der Waals surface area contributed by atoms with Crippen LogP contribution in [0.4, 0.5) is 0 Å². The van der Waals surface area contributed by atoms with Gasteiger partial charge in [-0.05, 0) is 36.8 Å². The normalized spacial score (nSPS) is 12.6. The highest BCUT2D eigenvalue weighted by Gasteiger charge is 2.07. The van der Waals surface area contributed by atoms with Gasteiger partial charge in [0.05, 0.1) is 12.6 Å². The van der Waals surface area contributed by atoms with E-state index in [9.17, 15) is 5.11 Å². The van der Waals surface area contributed by atoms with Gasteiger partial charge in [-0.1, -0.05) is 23.7 Å². The standard InChI is InChI=1S/C14H16ClNO2/c1-10-2-7-13(18-10)8-16-9-14(17)11-3-5-12(15)6-4-11/h2-7,14,16-17H,8-9H2,1H3. The minimum Gasteiger partial charge on any atom is -0.465 e. The maximum atomic E-state index is 9.96. The van der Waals surface area contributed by atoms with Crippen molar-refractivity contribution in [1.29, 1.82) is 0 Å². The van der Waals surface area contributed by atoms with Crippen LogP contribution >= 0.6 is 11.6 Å². The first-order chi connectivity index (χ1) is 8.65. The number of hydrogen-bond donors (Lipinski definition) is 2. The molecule has 2 rings (SSSR count). The van der Waals surface area contributed by atoms with E-state index in [0.29, 0.717) is 18.1 Å². The van der Waals surface area contributed by atoms with Crippen LogP contribution in [0.3, 0.4) is 0 Å². The first kappa shape index (κ1) is 13.1. The largest absolute Gasteiger partial charge is 0.465 e. The number of furan rings is 1. The smallest absolute Gasteiger partial charge is 0.117 e. The van der Waals surface area contributed by atoms with Crippen LogP contribution in [0.2, 0.25) is 5.02 Å². The quantitative estimate of drug-likeness (QED) is 0.873. The average Bonchev–Trinajstić information content (AvgIpc) is 2.76. The summed E-state index contributed by atoms with van der Waals surface area (Å²) >= 11 is 5.79. The Balaban J connectivity index is 1.81. The molecule has 1 heterocycles. The van der Waals surface area contributed by atoms with E-state index in [1.807, 2.05) is 31.2 Å². The molecule has 0 saturated carbocycles. The lowest BCUT2D eigenvalue weighted by Gasteiger charge is -2.11. The van der Waals surface area contributed by atoms with Gasteiger partial charge >= 0.3 is 0 Å². The molecule has 0 amide bonds. The molecule has 0 bridgehead atoms. The molecule has 1 atom stereocenters. The van der Waals surface area contributed by atoms with Gasteiger partial charge in [0.2, 0.25) is 0 Å². The van der Waals surface area contributed by atoms with Crippen molar-refractivity contribution < 1.29 is 9.52 Å². The van der Waals surface area contributed by atoms with Crippen molar-refractivity contribution in [3.05, 3.63) is 58.5 Å². The first-order valence-corrected chi connectivity index (χ1v) is 6.22. The molecule has 1 unspecified atom stereocenters. The molecule has 0 saturated heterocycles. The van der Waals surface area contributed by atoms with Crippen molar-refractivity contribution in [2.45, 2.75) is 19.6 Å². The van der Waals surface area contributed by atoms with Gasteiger partial charge in [0.25, 0.3) is 0 Å². The Morgan fingerprint density at radius 1 is 1.22 bits per heavy atom. The van der Waals surface area contributed by atoms with Gasteiger partial charge in [-0.25, -0.2) is 0 Å². The number of nitrogens with one attached hydrogen (secondary N) is 1. The minimum absolute atomic E-state index is 0.474. The van der Waals surface area contributed by atoms with Crippen molar-refractivity contribution in [2.24, 2.45) is 0 Å². The SMILES string of the molecule is Cc1ccc(CNCC(O)c2ccc(Cl)cc2)o1. The summed E-state index contributed by atoms with van der Waals surface area (Å²) in [4.78, 5) is 0. The Kier molecular flexibility index (Phi) is 4.42. The number of benzene rings is 1. The fraction of sp³-hybridized carbons (Fsp3) is 0.286. The summed E-state index contributed by atoms with van der Waals surface area (Å²) in [6.07, 6.45) is -0.543. The summed E-state index contributed by atoms with van der Waals surface area (Å²) in [5.74, 6) is 1.76. The number of halogens is 1. The third kappa shape index (κ3) is 3.60. The predicted molar refractivity (Wildman–Crippen MR) is 71.6 cm³/mol. The minimum atomic E-state index is -0.543. The third-order valence-electron chi connectivity index (χ3n) is 2.69. The zero-order valence-electron chi connectivity index (χ0n) is 10.2. The summed E-state index contributed by atoms with van der Waals surface area (Å²) < 4.78 is 5.43. The highest BCUT2D eigenvalue weighted by atomic mass is 35.5. The number of rotatable bonds is 5. The van der Waals surface area contributed by atoms with E-state index in [-0.39, 0.29) is 0 Å². The monoisotopic (exact) mass is 265 g/mol. The number of aryl methyl sites for hydroxylation is 1. The zero-order chi connectivity index (χ0) is 13.0. The summed E-state index contributed by atoms with van der Waals surface area (Å²) in [5, 5.41) is 13.8. The van der Waals surface area contributed by atoms with Gasteiger partial charge in [0.1, 0.15) is 11.5 Å². The highest BCUT2D eigenvalue weighted by Crippen LogP contribution is 2.16. The second-order valence-electron chi connectivity index (χ2n) is 4.21. The van der Waals surface area contributed by atoms with Crippen molar-refractivity contribution in [3.63, 3.8) is 0 Å². The third-order valence-corrected chi connectivity index (χ3v) is 2.94. The predicted octanol–water partition coefficient (Wildman–Crippen LogP) is 3.06. The fourth-order valence-electron chi connectivity index (χ4n) is 1.72. The van der Waals surface area contributed by atoms with Crippen LogP contribution in [0.15, 0.2) is 40.8 Å². The van der Waals surface area contributed by atoms with Gasteiger partial charge in [0, 0.05) is 11.6 Å². The van der Waals surface area contributed by atoms with Gasteiger partial charge in [-0.3, -0.25) is 0 Å². The highest BCUT2D eigenvalue weighted by molar-refractivity contribution is 6.30. The maximum absolute atomic E-state index is 9.96. The Bertz CT molecular complexity index is 493. The Hall–Kier alpha value is -1.29. The van der Waals surface area contributed by atoms with E-state index < -0.39 is 6.10 Å². The molecule has 0 radical (unpaired) electrons. The van der Waals surface area contributed by atoms with E-state index in [4.69, 9.17) is 16.0 Å². The molecule has 0 spiro atoms. The molecule has 18 heavy (non-hydrogen) atoms. The fourth-order valence-corrected chi connectivity index (χ4v) is 1.84. The van der Waals surface area contributed by atoms with Crippen molar-refractivity contribution >= 4 is 11.6 Å². The summed E-state index contributed by atoms with van der Waals surface area (Å²) in [6.45, 7) is 2.99. The van der Waals surface area contributed by atoms with E-state index in [2.05, 4.69) is 5.32 Å². The number of aliphatic hydroxyl groups excluding tert-OH is 1. The van der Waals surface area contributed by atoms with Gasteiger partial charge in [-0.2, -0.15) is 0 Å². The molecular weight excluding hydrogens is 250 g/mol. The van der Waals surface area contributed by atoms with Crippen LogP contribution in [0.25, 0.3) is 0 Å². The summed E-state index contributed by atoms with van der Waals surface area (Å²) in [6, 6.07) is 11.0. The van der Waals surface area contributed by atoms with E-state index in [0.717, 1.165) is 17.1 Å². The number of hydrogen-bond acceptors (Lipinski definition) is 3. The molecular formula is C14H16ClNO2. The van der Waals surface area contributed by atoms with Crippen molar-refractivity contribution in [3.8, 4) is 0 Å². The first-order valence-electron chi connectivity index (χ1n) is 5.85. The molecule has 2 N–H and O–H groups in total. The van der Waals surface area contributed by atoms with Crippen LogP contribution in [0, 0.1) is 6.92 Å². The zero-order valence-corrected chi connectivity index (χ0v) is 10.9. The number of aliphatic hydroxyl groups is 1. The van der Waals surface area contributed by atoms with Crippen molar-refractivity contribution in [2.75, 3.05) is 6.54 Å². The van der Waals surface area contributed by atoms with Crippen LogP contribution < -0.4 is 5.32 Å². The average molecular weight is 266 g/mol. The molecule has 0 aliphatic heterocycles. The molecule has 1 aromatic carbocycles. The van der Waals surface area contributed by atoms with Crippen LogP contribution in [0.1, 0.15) is 23.2 Å². The van der Waals surface area contributed by atoms with E-state index in [1.165, 1.54) is 0 Å². The van der Waals surface area contributed by atoms with Gasteiger partial charge in [-0.15, -0.1) is 0 Å². The lowest BCUT2D eigenvalue weighted by molar-refractivity contribution is 0.173. The maximum Gasteiger partial charge on any atom is 0.117 e. The van der Waals surface area contributed by atoms with E-state index in [1.54, 1.807) is 12.1 Å². The summed E-state index contributed by atoms with van der Waals surface area (Å²) in [7, 11) is 0. The van der Waals surface area contributed by atoms with Crippen molar-refractivity contribution in [1.82, 2.24) is 5.32 Å².